The van der Waals surface area contributed by atoms with Crippen molar-refractivity contribution in [1.82, 2.24) is 5.32 Å². The molecule has 0 aromatic rings. The standard InChI is InChI=1S/C5H5N2O.U/c6-3-1-2-4-7-5-8;/h5-6H,4H2,(H,7,8);/q-1;/i5D;. The van der Waals surface area contributed by atoms with Gasteiger partial charge in [0.15, 0.2) is 0 Å². The number of nitrogens with one attached hydrogen (secondary N) is 2. The van der Waals surface area contributed by atoms with E-state index >= 15 is 0 Å². The van der Waals surface area contributed by atoms with Gasteiger partial charge >= 0.3 is 0 Å². The Balaban J connectivity index is 0. The van der Waals surface area contributed by atoms with E-state index in [1.807, 2.05) is 6.21 Å². The Bertz CT molecular complexity index is 172. The number of hydrogen-bond acceptors (Lipinski definition) is 2. The first-order chi connectivity index (χ1) is 4.27. The molecule has 2 N–H and O–H groups in total. The second kappa shape index (κ2) is 10.7. The van der Waals surface area contributed by atoms with Crippen molar-refractivity contribution in [3.8, 4) is 11.8 Å². The predicted octanol–water partition coefficient (Wildman–Crippen LogP) is -0.738. The Morgan fingerprint density at radius 3 is 3.11 bits per heavy atom. The van der Waals surface area contributed by atoms with E-state index < -0.39 is 6.39 Å². The second-order valence-corrected chi connectivity index (χ2v) is 0.882. The average molecular weight is 348 g/mol. The normalized spacial score (nSPS) is 6.89. The van der Waals surface area contributed by atoms with E-state index in [-0.39, 0.29) is 37.7 Å². The molecule has 0 aliphatic rings. The summed E-state index contributed by atoms with van der Waals surface area (Å²) in [6.45, 7) is 0.105. The molecule has 0 aliphatic carbocycles. The van der Waals surface area contributed by atoms with Crippen molar-refractivity contribution in [1.29, 1.82) is 5.41 Å². The molecule has 0 unspecified atom stereocenters. The van der Waals surface area contributed by atoms with Crippen LogP contribution >= 0.6 is 0 Å². The largest absolute Gasteiger partial charge is 0.403 e. The van der Waals surface area contributed by atoms with E-state index in [0.717, 1.165) is 0 Å². The summed E-state index contributed by atoms with van der Waals surface area (Å²) in [5.41, 5.74) is 0. The molecule has 0 bridgehead atoms. The Labute approximate surface area is 78.9 Å². The zero-order chi connectivity index (χ0) is 7.11. The van der Waals surface area contributed by atoms with Gasteiger partial charge in [0.25, 0.3) is 0 Å². The Hall–Kier alpha value is -0.248. The molecule has 0 saturated heterocycles. The van der Waals surface area contributed by atoms with Crippen LogP contribution in [0.5, 0.6) is 0 Å². The van der Waals surface area contributed by atoms with Gasteiger partial charge in [0, 0.05) is 31.1 Å². The van der Waals surface area contributed by atoms with Gasteiger partial charge in [-0.15, -0.1) is 6.21 Å². The third-order valence-corrected chi connectivity index (χ3v) is 0.400. The summed E-state index contributed by atoms with van der Waals surface area (Å²) >= 11 is 0. The molecule has 9 heavy (non-hydrogen) atoms. The van der Waals surface area contributed by atoms with E-state index in [9.17, 15) is 4.79 Å². The molecule has 0 radical (unpaired) electrons. The zero-order valence-electron chi connectivity index (χ0n) is 5.62. The Morgan fingerprint density at radius 2 is 2.67 bits per heavy atom. The first-order valence-electron chi connectivity index (χ1n) is 2.41. The molecule has 0 aliphatic heterocycles. The number of rotatable bonds is 1. The molecule has 0 spiro atoms. The molecule has 0 heterocycles. The maximum atomic E-state index is 9.83. The van der Waals surface area contributed by atoms with Gasteiger partial charge in [0.2, 0.25) is 6.39 Å². The minimum absolute atomic E-state index is 0. The van der Waals surface area contributed by atoms with E-state index in [1.54, 1.807) is 0 Å². The molecule has 0 aromatic heterocycles. The quantitative estimate of drug-likeness (QED) is 0.279. The van der Waals surface area contributed by atoms with E-state index in [2.05, 4.69) is 17.2 Å². The Kier molecular flexibility index (Phi) is 10.4. The summed E-state index contributed by atoms with van der Waals surface area (Å²) in [5, 5.41) is 8.42. The molecule has 0 atom stereocenters. The van der Waals surface area contributed by atoms with Gasteiger partial charge in [0.1, 0.15) is 1.37 Å². The molecule has 0 aromatic carbocycles. The van der Waals surface area contributed by atoms with Crippen LogP contribution in [0.2, 0.25) is 0 Å². The molecular formula is C5H5N2OU-. The van der Waals surface area contributed by atoms with Gasteiger partial charge in [0.05, 0.1) is 0 Å². The summed E-state index contributed by atoms with van der Waals surface area (Å²) in [4.78, 5) is 9.83. The molecule has 0 saturated carbocycles. The maximum Gasteiger partial charge on any atom is 0.206 e. The van der Waals surface area contributed by atoms with Crippen molar-refractivity contribution in [2.24, 2.45) is 0 Å². The predicted molar refractivity (Wildman–Crippen MR) is 29.6 cm³/mol. The van der Waals surface area contributed by atoms with Gasteiger partial charge in [-0.3, -0.25) is 10.7 Å². The minimum Gasteiger partial charge on any atom is -0.403 e. The topological polar surface area (TPSA) is 53.0 Å². The molecule has 46 valence electrons. The van der Waals surface area contributed by atoms with Crippen LogP contribution in [0.15, 0.2) is 0 Å². The maximum absolute atomic E-state index is 9.83. The molecule has 4 heteroatoms. The van der Waals surface area contributed by atoms with Crippen molar-refractivity contribution < 1.29 is 37.3 Å². The molecular weight excluding hydrogens is 342 g/mol. The van der Waals surface area contributed by atoms with Crippen LogP contribution < -0.4 is 5.32 Å². The first-order valence-corrected chi connectivity index (χ1v) is 1.91. The molecule has 1 amide bonds. The monoisotopic (exact) mass is 348 g/mol. The Morgan fingerprint density at radius 1 is 2.00 bits per heavy atom. The fourth-order valence-corrected chi connectivity index (χ4v) is 0.169. The fourth-order valence-electron chi connectivity index (χ4n) is 0.169. The van der Waals surface area contributed by atoms with Crippen LogP contribution in [-0.2, 0) is 4.79 Å². The summed E-state index contributed by atoms with van der Waals surface area (Å²) in [7, 11) is 0. The summed E-state index contributed by atoms with van der Waals surface area (Å²) in [6.07, 6.45) is 0.951. The number of carbonyl (C=O) groups is 1. The van der Waals surface area contributed by atoms with E-state index in [4.69, 9.17) is 6.78 Å². The van der Waals surface area contributed by atoms with Crippen molar-refractivity contribution in [2.75, 3.05) is 6.54 Å². The SMILES string of the molecule is [2H]C(=O)NCC#C[C-]=N.[U]. The van der Waals surface area contributed by atoms with Gasteiger partial charge in [-0.25, -0.2) is 0 Å². The van der Waals surface area contributed by atoms with Crippen molar-refractivity contribution >= 4 is 12.6 Å². The summed E-state index contributed by atoms with van der Waals surface area (Å²) < 4.78 is 6.33. The molecule has 0 rings (SSSR count). The number of carbonyl (C=O) groups excluding carboxylic acids is 1. The van der Waals surface area contributed by atoms with Crippen molar-refractivity contribution in [3.05, 3.63) is 0 Å². The van der Waals surface area contributed by atoms with Crippen LogP contribution in [0.25, 0.3) is 0 Å². The molecule has 3 nitrogen and oxygen atoms in total. The van der Waals surface area contributed by atoms with E-state index in [0.29, 0.717) is 0 Å². The first kappa shape index (κ1) is 8.75. The van der Waals surface area contributed by atoms with Gasteiger partial charge in [-0.05, 0) is 6.54 Å². The number of hydrogen-bond donors (Lipinski definition) is 2. The van der Waals surface area contributed by atoms with Gasteiger partial charge in [-0.1, -0.05) is 0 Å². The zero-order valence-corrected chi connectivity index (χ0v) is 8.78. The second-order valence-electron chi connectivity index (χ2n) is 0.882. The van der Waals surface area contributed by atoms with Crippen LogP contribution in [0, 0.1) is 48.4 Å². The van der Waals surface area contributed by atoms with Crippen LogP contribution in [0.4, 0.5) is 0 Å². The van der Waals surface area contributed by atoms with Crippen LogP contribution in [0.1, 0.15) is 1.37 Å². The minimum atomic E-state index is -0.866. The fraction of sp³-hybridized carbons (Fsp3) is 0.200. The van der Waals surface area contributed by atoms with Gasteiger partial charge in [-0.2, -0.15) is 0 Å². The third kappa shape index (κ3) is 11.4. The summed E-state index contributed by atoms with van der Waals surface area (Å²) in [5.74, 6) is 4.54. The average Bonchev–Trinajstić information content (AvgIpc) is 1.80. The third-order valence-electron chi connectivity index (χ3n) is 0.400. The van der Waals surface area contributed by atoms with Gasteiger partial charge < -0.3 is 16.6 Å². The van der Waals surface area contributed by atoms with E-state index in [1.165, 1.54) is 0 Å². The van der Waals surface area contributed by atoms with Crippen molar-refractivity contribution in [3.63, 3.8) is 0 Å². The van der Waals surface area contributed by atoms with Crippen LogP contribution in [-0.4, -0.2) is 19.1 Å². The smallest absolute Gasteiger partial charge is 0.206 e. The van der Waals surface area contributed by atoms with Crippen molar-refractivity contribution in [2.45, 2.75) is 0 Å². The number of amides is 1. The van der Waals surface area contributed by atoms with Crippen LogP contribution in [0.3, 0.4) is 0 Å². The summed E-state index contributed by atoms with van der Waals surface area (Å²) in [6, 6.07) is 0. The molecule has 0 fully saturated rings.